The van der Waals surface area contributed by atoms with Crippen LogP contribution in [-0.2, 0) is 33.8 Å². The minimum absolute atomic E-state index is 0.0169. The second-order valence-corrected chi connectivity index (χ2v) is 10.2. The summed E-state index contributed by atoms with van der Waals surface area (Å²) in [5.41, 5.74) is 6.98. The van der Waals surface area contributed by atoms with Crippen molar-refractivity contribution < 1.29 is 24.2 Å². The lowest BCUT2D eigenvalue weighted by molar-refractivity contribution is -0.139. The molecular formula is C31H33N3O5. The van der Waals surface area contributed by atoms with Crippen LogP contribution in [0, 0.1) is 5.92 Å². The second kappa shape index (κ2) is 11.6. The smallest absolute Gasteiger partial charge is 0.411 e. The molecule has 2 amide bonds. The Morgan fingerprint density at radius 2 is 1.77 bits per heavy atom. The summed E-state index contributed by atoms with van der Waals surface area (Å²) in [4.78, 5) is 40.1. The molecule has 0 atom stereocenters. The normalized spacial score (nSPS) is 14.3. The van der Waals surface area contributed by atoms with E-state index in [-0.39, 0.29) is 24.8 Å². The van der Waals surface area contributed by atoms with Crippen molar-refractivity contribution in [2.75, 3.05) is 30.4 Å². The van der Waals surface area contributed by atoms with Crippen LogP contribution >= 0.6 is 0 Å². The molecule has 1 saturated carbocycles. The van der Waals surface area contributed by atoms with Gasteiger partial charge in [-0.1, -0.05) is 48.5 Å². The van der Waals surface area contributed by atoms with E-state index in [0.29, 0.717) is 12.2 Å². The number of nitrogens with zero attached hydrogens (tertiary/aromatic N) is 2. The van der Waals surface area contributed by atoms with Gasteiger partial charge < -0.3 is 19.6 Å². The van der Waals surface area contributed by atoms with Crippen molar-refractivity contribution in [1.29, 1.82) is 0 Å². The third-order valence-corrected chi connectivity index (χ3v) is 7.36. The van der Waals surface area contributed by atoms with E-state index in [2.05, 4.69) is 28.4 Å². The van der Waals surface area contributed by atoms with E-state index >= 15 is 0 Å². The number of carboxylic acid groups (broad SMARTS) is 1. The number of ether oxygens (including phenoxy) is 1. The number of methoxy groups -OCH3 is 1. The number of hydrogen-bond acceptors (Lipinski definition) is 5. The number of hydrogen-bond donors (Lipinski definition) is 2. The highest BCUT2D eigenvalue weighted by atomic mass is 16.5. The van der Waals surface area contributed by atoms with Crippen LogP contribution in [0.5, 0.6) is 0 Å². The van der Waals surface area contributed by atoms with Gasteiger partial charge >= 0.3 is 12.1 Å². The number of benzene rings is 3. The molecule has 0 radical (unpaired) electrons. The number of carbonyl (C=O) groups excluding carboxylic acids is 2. The number of nitrogens with one attached hydrogen (secondary N) is 1. The van der Waals surface area contributed by atoms with Crippen molar-refractivity contribution in [3.8, 4) is 11.1 Å². The molecule has 1 aliphatic heterocycles. The highest BCUT2D eigenvalue weighted by Crippen LogP contribution is 2.35. The highest BCUT2D eigenvalue weighted by Gasteiger charge is 2.33. The van der Waals surface area contributed by atoms with Crippen molar-refractivity contribution in [1.82, 2.24) is 4.90 Å². The number of carboxylic acids is 1. The predicted octanol–water partition coefficient (Wildman–Crippen LogP) is 5.31. The van der Waals surface area contributed by atoms with Gasteiger partial charge in [0.15, 0.2) is 0 Å². The Hall–Kier alpha value is -4.33. The van der Waals surface area contributed by atoms with Crippen molar-refractivity contribution in [2.45, 2.75) is 38.8 Å². The number of fused-ring (bicyclic) bond motifs is 1. The number of aliphatic carboxylic acids is 1. The van der Waals surface area contributed by atoms with Gasteiger partial charge in [-0.15, -0.1) is 0 Å². The van der Waals surface area contributed by atoms with Crippen LogP contribution in [0.3, 0.4) is 0 Å². The van der Waals surface area contributed by atoms with E-state index < -0.39 is 12.1 Å². The monoisotopic (exact) mass is 527 g/mol. The van der Waals surface area contributed by atoms with Gasteiger partial charge in [-0.25, -0.2) is 4.79 Å². The molecule has 39 heavy (non-hydrogen) atoms. The molecule has 0 unspecified atom stereocenters. The summed E-state index contributed by atoms with van der Waals surface area (Å²) in [6.07, 6.45) is 2.05. The van der Waals surface area contributed by atoms with Crippen molar-refractivity contribution in [3.63, 3.8) is 0 Å². The van der Waals surface area contributed by atoms with Gasteiger partial charge in [0, 0.05) is 32.1 Å². The zero-order chi connectivity index (χ0) is 27.4. The maximum absolute atomic E-state index is 12.8. The summed E-state index contributed by atoms with van der Waals surface area (Å²) in [5, 5.41) is 12.0. The van der Waals surface area contributed by atoms with Crippen molar-refractivity contribution in [2.24, 2.45) is 5.92 Å². The van der Waals surface area contributed by atoms with E-state index in [1.807, 2.05) is 48.5 Å². The van der Waals surface area contributed by atoms with E-state index in [9.17, 15) is 14.4 Å². The molecule has 1 fully saturated rings. The van der Waals surface area contributed by atoms with E-state index in [1.165, 1.54) is 18.2 Å². The Morgan fingerprint density at radius 3 is 2.51 bits per heavy atom. The fraction of sp³-hybridized carbons (Fsp3) is 0.323. The molecule has 0 aromatic heterocycles. The highest BCUT2D eigenvalue weighted by molar-refractivity contribution is 5.91. The molecule has 8 nitrogen and oxygen atoms in total. The van der Waals surface area contributed by atoms with Crippen LogP contribution in [0.4, 0.5) is 16.2 Å². The Labute approximate surface area is 228 Å². The molecule has 1 heterocycles. The Balaban J connectivity index is 1.41. The van der Waals surface area contributed by atoms with Crippen LogP contribution in [0.25, 0.3) is 11.1 Å². The summed E-state index contributed by atoms with van der Waals surface area (Å²) >= 11 is 0. The SMILES string of the molecule is COC(=O)Nc1cc(-c2cccc(CN(CCC(=O)O)C(=O)C3CC3)c2)ccc1N1CCc2ccccc2C1. The molecule has 3 aromatic carbocycles. The molecule has 0 spiro atoms. The lowest BCUT2D eigenvalue weighted by Gasteiger charge is -2.32. The molecule has 2 N–H and O–H groups in total. The quantitative estimate of drug-likeness (QED) is 0.391. The van der Waals surface area contributed by atoms with Crippen LogP contribution in [0.2, 0.25) is 0 Å². The van der Waals surface area contributed by atoms with Crippen molar-refractivity contribution >= 4 is 29.3 Å². The third-order valence-electron chi connectivity index (χ3n) is 7.36. The number of amides is 2. The van der Waals surface area contributed by atoms with E-state index in [4.69, 9.17) is 9.84 Å². The summed E-state index contributed by atoms with van der Waals surface area (Å²) in [5.74, 6) is -0.873. The largest absolute Gasteiger partial charge is 0.481 e. The molecule has 1 aliphatic carbocycles. The average Bonchev–Trinajstić information content (AvgIpc) is 3.80. The van der Waals surface area contributed by atoms with E-state index in [0.717, 1.165) is 54.7 Å². The minimum atomic E-state index is -0.916. The molecular weight excluding hydrogens is 494 g/mol. The molecule has 5 rings (SSSR count). The van der Waals surface area contributed by atoms with Crippen LogP contribution in [-0.4, -0.2) is 48.2 Å². The summed E-state index contributed by atoms with van der Waals surface area (Å²) in [6.45, 7) is 2.13. The predicted molar refractivity (Wildman–Crippen MR) is 149 cm³/mol. The topological polar surface area (TPSA) is 99.2 Å². The Bertz CT molecular complexity index is 1380. The zero-order valence-corrected chi connectivity index (χ0v) is 22.1. The van der Waals surface area contributed by atoms with Gasteiger partial charge in [-0.2, -0.15) is 0 Å². The lowest BCUT2D eigenvalue weighted by Crippen LogP contribution is -2.33. The fourth-order valence-corrected chi connectivity index (χ4v) is 5.11. The Morgan fingerprint density at radius 1 is 1.00 bits per heavy atom. The molecule has 3 aromatic rings. The molecule has 0 saturated heterocycles. The number of carbonyl (C=O) groups is 3. The van der Waals surface area contributed by atoms with Gasteiger partial charge in [0.2, 0.25) is 5.91 Å². The first-order valence-corrected chi connectivity index (χ1v) is 13.3. The van der Waals surface area contributed by atoms with E-state index in [1.54, 1.807) is 4.90 Å². The lowest BCUT2D eigenvalue weighted by atomic mass is 9.98. The number of rotatable bonds is 9. The number of anilines is 2. The first-order chi connectivity index (χ1) is 18.9. The minimum Gasteiger partial charge on any atom is -0.481 e. The van der Waals surface area contributed by atoms with Crippen LogP contribution in [0.15, 0.2) is 66.7 Å². The molecule has 0 bridgehead atoms. The summed E-state index contributed by atoms with van der Waals surface area (Å²) in [7, 11) is 1.35. The standard InChI is InChI=1S/C31H33N3O5/c1-39-31(38)32-27-18-25(11-12-28(27)33-15-13-22-6-2-3-7-26(22)20-33)24-8-4-5-21(17-24)19-34(16-14-29(35)36)30(37)23-9-10-23/h2-8,11-12,17-18,23H,9-10,13-16,19-20H2,1H3,(H,32,38)(H,35,36). The zero-order valence-electron chi connectivity index (χ0n) is 22.1. The summed E-state index contributed by atoms with van der Waals surface area (Å²) < 4.78 is 4.90. The first kappa shape index (κ1) is 26.3. The van der Waals surface area contributed by atoms with Crippen LogP contribution in [0.1, 0.15) is 36.0 Å². The van der Waals surface area contributed by atoms with Crippen LogP contribution < -0.4 is 10.2 Å². The van der Waals surface area contributed by atoms with Crippen molar-refractivity contribution in [3.05, 3.63) is 83.4 Å². The average molecular weight is 528 g/mol. The fourth-order valence-electron chi connectivity index (χ4n) is 5.11. The molecule has 2 aliphatic rings. The molecule has 8 heteroatoms. The van der Waals surface area contributed by atoms with Gasteiger partial charge in [0.05, 0.1) is 24.9 Å². The molecule has 202 valence electrons. The van der Waals surface area contributed by atoms with Gasteiger partial charge in [0.25, 0.3) is 0 Å². The van der Waals surface area contributed by atoms with Gasteiger partial charge in [-0.3, -0.25) is 14.9 Å². The second-order valence-electron chi connectivity index (χ2n) is 10.2. The first-order valence-electron chi connectivity index (χ1n) is 13.3. The van der Waals surface area contributed by atoms with Gasteiger partial charge in [-0.05, 0) is 65.3 Å². The maximum atomic E-state index is 12.8. The third kappa shape index (κ3) is 6.39. The maximum Gasteiger partial charge on any atom is 0.411 e. The summed E-state index contributed by atoms with van der Waals surface area (Å²) in [6, 6.07) is 22.3. The van der Waals surface area contributed by atoms with Gasteiger partial charge in [0.1, 0.15) is 0 Å². The Kier molecular flexibility index (Phi) is 7.81.